The van der Waals surface area contributed by atoms with E-state index in [1.165, 1.54) is 76.9 Å². The van der Waals surface area contributed by atoms with E-state index in [1.807, 2.05) is 0 Å². The first-order valence-electron chi connectivity index (χ1n) is 10.6. The number of ether oxygens (including phenoxy) is 2. The highest BCUT2D eigenvalue weighted by molar-refractivity contribution is 7.85. The molecule has 6 heteroatoms. The lowest BCUT2D eigenvalue weighted by Gasteiger charge is -2.11. The summed E-state index contributed by atoms with van der Waals surface area (Å²) in [7, 11) is -4.06. The predicted molar refractivity (Wildman–Crippen MR) is 110 cm³/mol. The van der Waals surface area contributed by atoms with Crippen molar-refractivity contribution in [2.45, 2.75) is 103 Å². The monoisotopic (exact) mass is 402 g/mol. The normalized spacial score (nSPS) is 17.1. The molecule has 0 spiro atoms. The van der Waals surface area contributed by atoms with Gasteiger partial charge >= 0.3 is 0 Å². The number of allylic oxidation sites excluding steroid dienone is 2. The number of unbranched alkanes of at least 4 members (excludes halogenated alkanes) is 11. The Balaban J connectivity index is 1.84. The van der Waals surface area contributed by atoms with Crippen LogP contribution in [0.5, 0.6) is 0 Å². The average molecular weight is 403 g/mol. The number of hydrogen-bond donors (Lipinski definition) is 1. The van der Waals surface area contributed by atoms with E-state index in [9.17, 15) is 8.42 Å². The highest BCUT2D eigenvalue weighted by Gasteiger charge is 2.22. The smallest absolute Gasteiger partial charge is 0.272 e. The Morgan fingerprint density at radius 1 is 0.926 bits per heavy atom. The molecule has 1 unspecified atom stereocenters. The molecule has 1 rings (SSSR count). The summed E-state index contributed by atoms with van der Waals surface area (Å²) < 4.78 is 40.9. The highest BCUT2D eigenvalue weighted by atomic mass is 32.2. The summed E-state index contributed by atoms with van der Waals surface area (Å²) in [4.78, 5) is 0. The van der Waals surface area contributed by atoms with Gasteiger partial charge in [-0.2, -0.15) is 8.42 Å². The van der Waals surface area contributed by atoms with Crippen LogP contribution in [0.4, 0.5) is 0 Å². The van der Waals surface area contributed by atoms with E-state index in [-0.39, 0.29) is 5.76 Å². The van der Waals surface area contributed by atoms with E-state index in [4.69, 9.17) is 14.0 Å². The Bertz CT molecular complexity index is 525. The molecule has 1 heterocycles. The lowest BCUT2D eigenvalue weighted by Crippen LogP contribution is -2.12. The van der Waals surface area contributed by atoms with Gasteiger partial charge in [-0.05, 0) is 32.1 Å². The van der Waals surface area contributed by atoms with Gasteiger partial charge in [0.05, 0.1) is 0 Å². The molecule has 0 aromatic heterocycles. The fourth-order valence-corrected chi connectivity index (χ4v) is 3.63. The van der Waals surface area contributed by atoms with Crippen LogP contribution in [-0.2, 0) is 19.6 Å². The molecule has 5 nitrogen and oxygen atoms in total. The molecule has 27 heavy (non-hydrogen) atoms. The van der Waals surface area contributed by atoms with Crippen LogP contribution in [0.25, 0.3) is 0 Å². The third kappa shape index (κ3) is 14.7. The molecule has 0 aromatic rings. The molecule has 0 saturated carbocycles. The Kier molecular flexibility index (Phi) is 13.3. The minimum absolute atomic E-state index is 0.176. The van der Waals surface area contributed by atoms with Gasteiger partial charge in [-0.15, -0.1) is 0 Å². The fraction of sp³-hybridized carbons (Fsp3) is 0.810. The van der Waals surface area contributed by atoms with Crippen LogP contribution in [0.2, 0.25) is 0 Å². The molecule has 1 aliphatic rings. The van der Waals surface area contributed by atoms with Crippen molar-refractivity contribution in [3.8, 4) is 0 Å². The Hall–Kier alpha value is -1.01. The second kappa shape index (κ2) is 15.0. The van der Waals surface area contributed by atoms with Crippen LogP contribution in [0.15, 0.2) is 24.2 Å². The lowest BCUT2D eigenvalue weighted by atomic mass is 10.1. The maximum atomic E-state index is 10.8. The Morgan fingerprint density at radius 2 is 1.48 bits per heavy atom. The van der Waals surface area contributed by atoms with Crippen LogP contribution >= 0.6 is 0 Å². The molecule has 0 saturated heterocycles. The van der Waals surface area contributed by atoms with Crippen molar-refractivity contribution in [1.82, 2.24) is 0 Å². The zero-order chi connectivity index (χ0) is 19.8. The maximum absolute atomic E-state index is 10.8. The summed E-state index contributed by atoms with van der Waals surface area (Å²) in [5.41, 5.74) is 0. The van der Waals surface area contributed by atoms with Gasteiger partial charge < -0.3 is 9.47 Å². The molecule has 1 atom stereocenters. The van der Waals surface area contributed by atoms with Crippen LogP contribution in [0.3, 0.4) is 0 Å². The Morgan fingerprint density at radius 3 is 2.07 bits per heavy atom. The molecule has 0 fully saturated rings. The van der Waals surface area contributed by atoms with Crippen molar-refractivity contribution in [2.24, 2.45) is 0 Å². The van der Waals surface area contributed by atoms with Crippen molar-refractivity contribution < 1.29 is 22.4 Å². The second-order valence-corrected chi connectivity index (χ2v) is 8.82. The van der Waals surface area contributed by atoms with Gasteiger partial charge in [-0.25, -0.2) is 0 Å². The van der Waals surface area contributed by atoms with Crippen molar-refractivity contribution in [1.29, 1.82) is 0 Å². The summed E-state index contributed by atoms with van der Waals surface area (Å²) >= 11 is 0. The van der Waals surface area contributed by atoms with Gasteiger partial charge in [0.25, 0.3) is 10.1 Å². The summed E-state index contributed by atoms with van der Waals surface area (Å²) in [6, 6.07) is 0. The minimum atomic E-state index is -4.06. The van der Waals surface area contributed by atoms with E-state index in [2.05, 4.69) is 19.1 Å². The van der Waals surface area contributed by atoms with Crippen LogP contribution < -0.4 is 0 Å². The first kappa shape index (κ1) is 24.0. The molecule has 1 N–H and O–H groups in total. The van der Waals surface area contributed by atoms with Gasteiger partial charge in [0, 0.05) is 6.42 Å². The van der Waals surface area contributed by atoms with Gasteiger partial charge in [0.15, 0.2) is 5.76 Å². The van der Waals surface area contributed by atoms with Crippen molar-refractivity contribution >= 4 is 10.1 Å². The van der Waals surface area contributed by atoms with E-state index in [1.54, 1.807) is 0 Å². The quantitative estimate of drug-likeness (QED) is 0.180. The first-order valence-corrected chi connectivity index (χ1v) is 12.2. The second-order valence-electron chi connectivity index (χ2n) is 7.37. The summed E-state index contributed by atoms with van der Waals surface area (Å²) in [5.74, 6) is -0.342. The molecule has 1 aliphatic heterocycles. The maximum Gasteiger partial charge on any atom is 0.272 e. The van der Waals surface area contributed by atoms with Crippen LogP contribution in [-0.4, -0.2) is 25.0 Å². The molecule has 0 amide bonds. The van der Waals surface area contributed by atoms with E-state index < -0.39 is 22.2 Å². The number of rotatable bonds is 17. The average Bonchev–Trinajstić information content (AvgIpc) is 3.03. The highest BCUT2D eigenvalue weighted by Crippen LogP contribution is 2.20. The molecule has 0 radical (unpaired) electrons. The third-order valence-electron chi connectivity index (χ3n) is 4.66. The summed E-state index contributed by atoms with van der Waals surface area (Å²) in [5, 5.41) is 0. The predicted octanol–water partition coefficient (Wildman–Crippen LogP) is 6.13. The van der Waals surface area contributed by atoms with Gasteiger partial charge in [0.2, 0.25) is 6.29 Å². The Labute approximate surface area is 166 Å². The van der Waals surface area contributed by atoms with E-state index in [0.717, 1.165) is 19.3 Å². The summed E-state index contributed by atoms with van der Waals surface area (Å²) in [6.45, 7) is 2.25. The molecule has 0 aliphatic carbocycles. The molecular weight excluding hydrogens is 364 g/mol. The van der Waals surface area contributed by atoms with Gasteiger partial charge in [-0.1, -0.05) is 70.4 Å². The fourth-order valence-electron chi connectivity index (χ4n) is 3.13. The largest absolute Gasteiger partial charge is 0.459 e. The molecule has 0 bridgehead atoms. The van der Waals surface area contributed by atoms with Crippen molar-refractivity contribution in [3.05, 3.63) is 24.2 Å². The zero-order valence-electron chi connectivity index (χ0n) is 16.9. The zero-order valence-corrected chi connectivity index (χ0v) is 17.7. The van der Waals surface area contributed by atoms with Gasteiger partial charge in [-0.3, -0.25) is 4.55 Å². The third-order valence-corrected chi connectivity index (χ3v) is 5.31. The molecule has 158 valence electrons. The summed E-state index contributed by atoms with van der Waals surface area (Å²) in [6.07, 6.45) is 22.6. The first-order chi connectivity index (χ1) is 13.0. The minimum Gasteiger partial charge on any atom is -0.459 e. The lowest BCUT2D eigenvalue weighted by molar-refractivity contribution is -0.0373. The van der Waals surface area contributed by atoms with Crippen LogP contribution in [0, 0.1) is 0 Å². The SMILES string of the molecule is CCCCCCCC/C=C\CCCCCCCC1OC=C(CS(=O)(=O)O)O1. The van der Waals surface area contributed by atoms with E-state index in [0.29, 0.717) is 0 Å². The molecular formula is C21H38O5S. The molecule has 0 aromatic carbocycles. The van der Waals surface area contributed by atoms with Crippen LogP contribution in [0.1, 0.15) is 96.8 Å². The van der Waals surface area contributed by atoms with Crippen molar-refractivity contribution in [2.75, 3.05) is 5.75 Å². The van der Waals surface area contributed by atoms with Crippen molar-refractivity contribution in [3.63, 3.8) is 0 Å². The standard InChI is InChI=1S/C21H38O5S/c1-2-3-4-5-6-7-8-9-10-11-12-13-14-15-16-17-21-25-18-20(26-21)19-27(22,23)24/h9-10,18,21H,2-8,11-17,19H2,1H3,(H,22,23,24)/b10-9-. The topological polar surface area (TPSA) is 72.8 Å². The van der Waals surface area contributed by atoms with Gasteiger partial charge in [0.1, 0.15) is 12.0 Å². The van der Waals surface area contributed by atoms with E-state index >= 15 is 0 Å². The number of hydrogen-bond acceptors (Lipinski definition) is 4.